The summed E-state index contributed by atoms with van der Waals surface area (Å²) in [7, 11) is 0. The molecule has 1 aromatic carbocycles. The minimum Gasteiger partial charge on any atom is -0.278 e. The van der Waals surface area contributed by atoms with E-state index < -0.39 is 0 Å². The molecule has 18 heavy (non-hydrogen) atoms. The maximum absolute atomic E-state index is 4.04. The maximum atomic E-state index is 4.04. The maximum Gasteiger partial charge on any atom is 0.0663 e. The molecule has 3 rings (SSSR count). The lowest BCUT2D eigenvalue weighted by Crippen LogP contribution is -2.03. The van der Waals surface area contributed by atoms with Crippen LogP contribution in [0.25, 0.3) is 10.9 Å². The lowest BCUT2D eigenvalue weighted by molar-refractivity contribution is 0.430. The molecular weight excluding hydrogens is 288 g/mol. The second-order valence-electron chi connectivity index (χ2n) is 4.89. The lowest BCUT2D eigenvalue weighted by Gasteiger charge is -2.15. The Balaban J connectivity index is 0.00000133. The molecule has 0 atom stereocenters. The molecule has 94 valence electrons. The number of H-pyrrole nitrogens is 1. The van der Waals surface area contributed by atoms with Crippen LogP contribution in [0.2, 0.25) is 0 Å². The van der Waals surface area contributed by atoms with Crippen molar-refractivity contribution in [3.63, 3.8) is 0 Å². The summed E-state index contributed by atoms with van der Waals surface area (Å²) in [4.78, 5) is 0. The zero-order valence-electron chi connectivity index (χ0n) is 10.2. The van der Waals surface area contributed by atoms with Crippen molar-refractivity contribution >= 4 is 26.8 Å². The SMILES string of the molecule is Brc1cc2cn[nH]c2cc1C#CC1CCCCC1.[HH]. The summed E-state index contributed by atoms with van der Waals surface area (Å²) in [5.41, 5.74) is 2.10. The molecule has 0 bridgehead atoms. The van der Waals surface area contributed by atoms with Gasteiger partial charge in [-0.25, -0.2) is 0 Å². The quantitative estimate of drug-likeness (QED) is 0.713. The third-order valence-electron chi connectivity index (χ3n) is 3.54. The van der Waals surface area contributed by atoms with Crippen molar-refractivity contribution in [3.8, 4) is 11.8 Å². The van der Waals surface area contributed by atoms with E-state index in [0.717, 1.165) is 20.9 Å². The Bertz CT molecular complexity index is 618. The van der Waals surface area contributed by atoms with Crippen molar-refractivity contribution in [3.05, 3.63) is 28.4 Å². The summed E-state index contributed by atoms with van der Waals surface area (Å²) >= 11 is 3.58. The Labute approximate surface area is 117 Å². The highest BCUT2D eigenvalue weighted by Gasteiger charge is 2.10. The minimum absolute atomic E-state index is 0. The van der Waals surface area contributed by atoms with Gasteiger partial charge in [0.1, 0.15) is 0 Å². The van der Waals surface area contributed by atoms with Crippen molar-refractivity contribution in [2.75, 3.05) is 0 Å². The molecule has 0 unspecified atom stereocenters. The number of nitrogens with zero attached hydrogens (tertiary/aromatic N) is 1. The first-order valence-corrected chi connectivity index (χ1v) is 7.26. The van der Waals surface area contributed by atoms with Gasteiger partial charge in [0.2, 0.25) is 0 Å². The molecule has 1 fully saturated rings. The van der Waals surface area contributed by atoms with Crippen LogP contribution in [0.15, 0.2) is 22.8 Å². The van der Waals surface area contributed by atoms with E-state index in [-0.39, 0.29) is 1.43 Å². The number of rotatable bonds is 0. The topological polar surface area (TPSA) is 28.7 Å². The van der Waals surface area contributed by atoms with Crippen LogP contribution in [0.3, 0.4) is 0 Å². The summed E-state index contributed by atoms with van der Waals surface area (Å²) < 4.78 is 1.06. The first kappa shape index (κ1) is 11.8. The van der Waals surface area contributed by atoms with E-state index in [4.69, 9.17) is 0 Å². The van der Waals surface area contributed by atoms with Gasteiger partial charge in [-0.3, -0.25) is 5.10 Å². The Morgan fingerprint density at radius 1 is 1.28 bits per heavy atom. The number of benzene rings is 1. The third-order valence-corrected chi connectivity index (χ3v) is 4.20. The van der Waals surface area contributed by atoms with E-state index in [1.807, 2.05) is 6.20 Å². The summed E-state index contributed by atoms with van der Waals surface area (Å²) in [6.07, 6.45) is 8.40. The van der Waals surface area contributed by atoms with Crippen LogP contribution in [-0.4, -0.2) is 10.2 Å². The van der Waals surface area contributed by atoms with Crippen LogP contribution in [-0.2, 0) is 0 Å². The van der Waals surface area contributed by atoms with E-state index in [2.05, 4.69) is 50.1 Å². The molecular formula is C15H17BrN2. The van der Waals surface area contributed by atoms with Gasteiger partial charge in [0.15, 0.2) is 0 Å². The number of hydrogen-bond donors (Lipinski definition) is 1. The second-order valence-corrected chi connectivity index (χ2v) is 5.75. The van der Waals surface area contributed by atoms with E-state index in [1.165, 1.54) is 32.1 Å². The van der Waals surface area contributed by atoms with Crippen LogP contribution in [0.5, 0.6) is 0 Å². The monoisotopic (exact) mass is 304 g/mol. The molecule has 2 nitrogen and oxygen atoms in total. The third kappa shape index (κ3) is 2.44. The Morgan fingerprint density at radius 2 is 2.11 bits per heavy atom. The van der Waals surface area contributed by atoms with Crippen LogP contribution in [0.4, 0.5) is 0 Å². The van der Waals surface area contributed by atoms with Crippen molar-refractivity contribution in [1.82, 2.24) is 10.2 Å². The van der Waals surface area contributed by atoms with Crippen LogP contribution in [0.1, 0.15) is 39.1 Å². The predicted molar refractivity (Wildman–Crippen MR) is 79.4 cm³/mol. The van der Waals surface area contributed by atoms with Gasteiger partial charge in [0, 0.05) is 22.8 Å². The van der Waals surface area contributed by atoms with Gasteiger partial charge < -0.3 is 0 Å². The average molecular weight is 305 g/mol. The molecule has 1 heterocycles. The zero-order chi connectivity index (χ0) is 12.4. The molecule has 2 aromatic rings. The van der Waals surface area contributed by atoms with Gasteiger partial charge in [0.25, 0.3) is 0 Å². The highest BCUT2D eigenvalue weighted by Crippen LogP contribution is 2.25. The first-order valence-electron chi connectivity index (χ1n) is 6.47. The Hall–Kier alpha value is -1.27. The van der Waals surface area contributed by atoms with Gasteiger partial charge in [-0.05, 0) is 40.9 Å². The fraction of sp³-hybridized carbons (Fsp3) is 0.400. The fourth-order valence-corrected chi connectivity index (χ4v) is 2.95. The van der Waals surface area contributed by atoms with Crippen molar-refractivity contribution < 1.29 is 1.43 Å². The predicted octanol–water partition coefficient (Wildman–Crippen LogP) is 4.50. The minimum atomic E-state index is 0. The molecule has 0 spiro atoms. The van der Waals surface area contributed by atoms with Crippen LogP contribution >= 0.6 is 15.9 Å². The van der Waals surface area contributed by atoms with Gasteiger partial charge in [0.05, 0.1) is 11.7 Å². The van der Waals surface area contributed by atoms with Crippen LogP contribution < -0.4 is 0 Å². The van der Waals surface area contributed by atoms with Crippen molar-refractivity contribution in [2.45, 2.75) is 32.1 Å². The number of halogens is 1. The molecule has 0 amide bonds. The first-order chi connectivity index (χ1) is 8.83. The standard InChI is InChI=1S/C15H15BrN2.H2/c16-14-8-13-10-17-18-15(13)9-12(14)7-6-11-4-2-1-3-5-11;/h8-11H,1-5H2,(H,17,18);1H. The van der Waals surface area contributed by atoms with Crippen molar-refractivity contribution in [2.24, 2.45) is 5.92 Å². The summed E-state index contributed by atoms with van der Waals surface area (Å²) in [5.74, 6) is 7.33. The van der Waals surface area contributed by atoms with E-state index >= 15 is 0 Å². The summed E-state index contributed by atoms with van der Waals surface area (Å²) in [5, 5.41) is 8.14. The molecule has 0 radical (unpaired) electrons. The molecule has 0 aliphatic heterocycles. The smallest absolute Gasteiger partial charge is 0.0663 e. The van der Waals surface area contributed by atoms with Crippen LogP contribution in [0, 0.1) is 17.8 Å². The highest BCUT2D eigenvalue weighted by molar-refractivity contribution is 9.10. The highest BCUT2D eigenvalue weighted by atomic mass is 79.9. The van der Waals surface area contributed by atoms with Gasteiger partial charge >= 0.3 is 0 Å². The van der Waals surface area contributed by atoms with E-state index in [1.54, 1.807) is 0 Å². The second kappa shape index (κ2) is 5.16. The lowest BCUT2D eigenvalue weighted by atomic mass is 9.89. The van der Waals surface area contributed by atoms with E-state index in [0.29, 0.717) is 5.92 Å². The molecule has 0 saturated heterocycles. The Morgan fingerprint density at radius 3 is 2.94 bits per heavy atom. The zero-order valence-corrected chi connectivity index (χ0v) is 11.8. The number of nitrogens with one attached hydrogen (secondary N) is 1. The van der Waals surface area contributed by atoms with E-state index in [9.17, 15) is 0 Å². The van der Waals surface area contributed by atoms with Gasteiger partial charge in [-0.15, -0.1) is 0 Å². The molecule has 1 aromatic heterocycles. The largest absolute Gasteiger partial charge is 0.278 e. The number of aromatic nitrogens is 2. The molecule has 1 N–H and O–H groups in total. The van der Waals surface area contributed by atoms with Gasteiger partial charge in [-0.2, -0.15) is 5.10 Å². The molecule has 3 heteroatoms. The summed E-state index contributed by atoms with van der Waals surface area (Å²) in [6, 6.07) is 4.14. The fourth-order valence-electron chi connectivity index (χ4n) is 2.49. The summed E-state index contributed by atoms with van der Waals surface area (Å²) in [6.45, 7) is 0. The molecule has 1 aliphatic rings. The van der Waals surface area contributed by atoms with Crippen molar-refractivity contribution in [1.29, 1.82) is 0 Å². The normalized spacial score (nSPS) is 16.5. The number of hydrogen-bond acceptors (Lipinski definition) is 1. The average Bonchev–Trinajstić information content (AvgIpc) is 2.84. The van der Waals surface area contributed by atoms with Gasteiger partial charge in [-0.1, -0.05) is 31.1 Å². The molecule has 1 saturated carbocycles. The Kier molecular flexibility index (Phi) is 3.38. The molecule has 1 aliphatic carbocycles. The number of fused-ring (bicyclic) bond motifs is 1. The number of aromatic amines is 1.